The predicted octanol–water partition coefficient (Wildman–Crippen LogP) is 2.53. The van der Waals surface area contributed by atoms with Gasteiger partial charge < -0.3 is 4.74 Å². The number of rotatable bonds is 4. The molecule has 5 heteroatoms. The van der Waals surface area contributed by atoms with Crippen molar-refractivity contribution >= 4 is 11.8 Å². The maximum absolute atomic E-state index is 12.2. The van der Waals surface area contributed by atoms with Gasteiger partial charge in [-0.2, -0.15) is 0 Å². The van der Waals surface area contributed by atoms with Gasteiger partial charge in [0.25, 0.3) is 5.91 Å². The molecule has 0 fully saturated rings. The van der Waals surface area contributed by atoms with E-state index in [0.717, 1.165) is 0 Å². The van der Waals surface area contributed by atoms with Gasteiger partial charge in [0.15, 0.2) is 0 Å². The first-order chi connectivity index (χ1) is 9.81. The fourth-order valence-electron chi connectivity index (χ4n) is 2.30. The highest BCUT2D eigenvalue weighted by molar-refractivity contribution is 5.98. The first-order valence-electron chi connectivity index (χ1n) is 7.04. The van der Waals surface area contributed by atoms with Crippen LogP contribution in [-0.2, 0) is 4.79 Å². The van der Waals surface area contributed by atoms with E-state index in [1.54, 1.807) is 24.3 Å². The molecule has 2 N–H and O–H groups in total. The highest BCUT2D eigenvalue weighted by atomic mass is 16.5. The van der Waals surface area contributed by atoms with Crippen LogP contribution in [0.15, 0.2) is 24.3 Å². The third-order valence-corrected chi connectivity index (χ3v) is 3.42. The van der Waals surface area contributed by atoms with Crippen molar-refractivity contribution in [2.24, 2.45) is 11.3 Å². The van der Waals surface area contributed by atoms with Gasteiger partial charge in [0.1, 0.15) is 5.75 Å². The number of carbonyl (C=O) groups is 2. The van der Waals surface area contributed by atoms with E-state index in [4.69, 9.17) is 4.74 Å². The molecule has 0 bridgehead atoms. The maximum atomic E-state index is 12.2. The summed E-state index contributed by atoms with van der Waals surface area (Å²) in [6.45, 7) is 7.96. The van der Waals surface area contributed by atoms with Crippen molar-refractivity contribution in [1.29, 1.82) is 0 Å². The topological polar surface area (TPSA) is 67.4 Å². The standard InChI is InChI=1S/C16H24N2O3/c1-6-12(16(2,3)4)15(20)18-17-14(19)11-9-7-8-10-13(11)21-5/h7-10,12H,6H2,1-5H3,(H,17,19)(H,18,20). The molecule has 0 aliphatic heterocycles. The zero-order valence-corrected chi connectivity index (χ0v) is 13.3. The number of para-hydroxylation sites is 1. The number of hydrazine groups is 1. The first kappa shape index (κ1) is 17.0. The van der Waals surface area contributed by atoms with Crippen LogP contribution in [0.3, 0.4) is 0 Å². The van der Waals surface area contributed by atoms with Crippen molar-refractivity contribution < 1.29 is 14.3 Å². The summed E-state index contributed by atoms with van der Waals surface area (Å²) in [7, 11) is 1.50. The lowest BCUT2D eigenvalue weighted by atomic mass is 9.79. The fourth-order valence-corrected chi connectivity index (χ4v) is 2.30. The number of ether oxygens (including phenoxy) is 1. The summed E-state index contributed by atoms with van der Waals surface area (Å²) in [4.78, 5) is 24.2. The molecule has 0 heterocycles. The molecular weight excluding hydrogens is 268 g/mol. The van der Waals surface area contributed by atoms with Gasteiger partial charge in [0.05, 0.1) is 12.7 Å². The predicted molar refractivity (Wildman–Crippen MR) is 81.8 cm³/mol. The van der Waals surface area contributed by atoms with Crippen molar-refractivity contribution in [1.82, 2.24) is 10.9 Å². The van der Waals surface area contributed by atoms with Gasteiger partial charge in [-0.3, -0.25) is 20.4 Å². The molecule has 1 rings (SSSR count). The maximum Gasteiger partial charge on any atom is 0.273 e. The molecule has 0 aromatic heterocycles. The summed E-state index contributed by atoms with van der Waals surface area (Å²) in [5, 5.41) is 0. The lowest BCUT2D eigenvalue weighted by Crippen LogP contribution is -2.47. The van der Waals surface area contributed by atoms with Crippen molar-refractivity contribution in [3.63, 3.8) is 0 Å². The highest BCUT2D eigenvalue weighted by Crippen LogP contribution is 2.28. The Morgan fingerprint density at radius 2 is 1.81 bits per heavy atom. The minimum absolute atomic E-state index is 0.159. The van der Waals surface area contributed by atoms with E-state index < -0.39 is 5.91 Å². The zero-order valence-electron chi connectivity index (χ0n) is 13.3. The summed E-state index contributed by atoms with van der Waals surface area (Å²) < 4.78 is 5.12. The summed E-state index contributed by atoms with van der Waals surface area (Å²) in [5.74, 6) is -0.291. The molecule has 0 spiro atoms. The van der Waals surface area contributed by atoms with Gasteiger partial charge in [0, 0.05) is 5.92 Å². The molecule has 5 nitrogen and oxygen atoms in total. The van der Waals surface area contributed by atoms with Crippen LogP contribution in [0.5, 0.6) is 5.75 Å². The number of hydrogen-bond donors (Lipinski definition) is 2. The van der Waals surface area contributed by atoms with E-state index in [9.17, 15) is 9.59 Å². The third kappa shape index (κ3) is 4.48. The summed E-state index contributed by atoms with van der Waals surface area (Å²) in [5.41, 5.74) is 5.16. The molecule has 116 valence electrons. The average Bonchev–Trinajstić information content (AvgIpc) is 2.43. The first-order valence-corrected chi connectivity index (χ1v) is 7.04. The van der Waals surface area contributed by atoms with E-state index in [1.807, 2.05) is 27.7 Å². The van der Waals surface area contributed by atoms with Gasteiger partial charge in [-0.1, -0.05) is 39.8 Å². The SMILES string of the molecule is CCC(C(=O)NNC(=O)c1ccccc1OC)C(C)(C)C. The molecular formula is C16H24N2O3. The molecule has 0 aliphatic rings. The van der Waals surface area contributed by atoms with E-state index in [0.29, 0.717) is 17.7 Å². The van der Waals surface area contributed by atoms with Crippen LogP contribution in [0.25, 0.3) is 0 Å². The van der Waals surface area contributed by atoms with Crippen LogP contribution in [0.1, 0.15) is 44.5 Å². The number of methoxy groups -OCH3 is 1. The average molecular weight is 292 g/mol. The molecule has 2 amide bonds. The van der Waals surface area contributed by atoms with Crippen molar-refractivity contribution in [3.8, 4) is 5.75 Å². The van der Waals surface area contributed by atoms with E-state index in [1.165, 1.54) is 7.11 Å². The second-order valence-electron chi connectivity index (χ2n) is 5.97. The molecule has 1 atom stereocenters. The summed E-state index contributed by atoms with van der Waals surface area (Å²) in [6, 6.07) is 6.85. The Bertz CT molecular complexity index is 506. The lowest BCUT2D eigenvalue weighted by Gasteiger charge is -2.28. The smallest absolute Gasteiger partial charge is 0.273 e. The quantitative estimate of drug-likeness (QED) is 0.838. The minimum Gasteiger partial charge on any atom is -0.496 e. The van der Waals surface area contributed by atoms with Crippen molar-refractivity contribution in [3.05, 3.63) is 29.8 Å². The zero-order chi connectivity index (χ0) is 16.0. The molecule has 0 saturated carbocycles. The number of amides is 2. The van der Waals surface area contributed by atoms with Gasteiger partial charge in [-0.25, -0.2) is 0 Å². The highest BCUT2D eigenvalue weighted by Gasteiger charge is 2.29. The molecule has 1 aromatic rings. The van der Waals surface area contributed by atoms with E-state index >= 15 is 0 Å². The molecule has 1 aromatic carbocycles. The Morgan fingerprint density at radius 1 is 1.19 bits per heavy atom. The van der Waals surface area contributed by atoms with E-state index in [-0.39, 0.29) is 17.2 Å². The second kappa shape index (κ2) is 7.11. The van der Waals surface area contributed by atoms with Gasteiger partial charge in [0.2, 0.25) is 5.91 Å². The Balaban J connectivity index is 2.70. The van der Waals surface area contributed by atoms with Gasteiger partial charge >= 0.3 is 0 Å². The van der Waals surface area contributed by atoms with Crippen LogP contribution in [0.4, 0.5) is 0 Å². The molecule has 0 aliphatic carbocycles. The van der Waals surface area contributed by atoms with Crippen LogP contribution in [-0.4, -0.2) is 18.9 Å². The van der Waals surface area contributed by atoms with Gasteiger partial charge in [-0.05, 0) is 24.0 Å². The number of hydrogen-bond acceptors (Lipinski definition) is 3. The lowest BCUT2D eigenvalue weighted by molar-refractivity contribution is -0.129. The van der Waals surface area contributed by atoms with Crippen LogP contribution < -0.4 is 15.6 Å². The Kier molecular flexibility index (Phi) is 5.76. The number of benzene rings is 1. The Morgan fingerprint density at radius 3 is 2.33 bits per heavy atom. The molecule has 21 heavy (non-hydrogen) atoms. The van der Waals surface area contributed by atoms with Crippen molar-refractivity contribution in [2.75, 3.05) is 7.11 Å². The monoisotopic (exact) mass is 292 g/mol. The Hall–Kier alpha value is -2.04. The summed E-state index contributed by atoms with van der Waals surface area (Å²) in [6.07, 6.45) is 0.708. The Labute approximate surface area is 126 Å². The molecule has 0 saturated heterocycles. The molecule has 1 unspecified atom stereocenters. The van der Waals surface area contributed by atoms with Crippen molar-refractivity contribution in [2.45, 2.75) is 34.1 Å². The second-order valence-corrected chi connectivity index (χ2v) is 5.97. The fraction of sp³-hybridized carbons (Fsp3) is 0.500. The molecule has 0 radical (unpaired) electrons. The minimum atomic E-state index is -0.399. The number of nitrogens with one attached hydrogen (secondary N) is 2. The van der Waals surface area contributed by atoms with Crippen LogP contribution in [0.2, 0.25) is 0 Å². The number of carbonyl (C=O) groups excluding carboxylic acids is 2. The summed E-state index contributed by atoms with van der Waals surface area (Å²) >= 11 is 0. The van der Waals surface area contributed by atoms with Crippen LogP contribution in [0, 0.1) is 11.3 Å². The third-order valence-electron chi connectivity index (χ3n) is 3.42. The largest absolute Gasteiger partial charge is 0.496 e. The normalized spacial score (nSPS) is 12.4. The van der Waals surface area contributed by atoms with E-state index in [2.05, 4.69) is 10.9 Å². The van der Waals surface area contributed by atoms with Gasteiger partial charge in [-0.15, -0.1) is 0 Å². The van der Waals surface area contributed by atoms with Crippen LogP contribution >= 0.6 is 0 Å².